The Hall–Kier alpha value is -2.08. The highest BCUT2D eigenvalue weighted by molar-refractivity contribution is 9.09. The lowest BCUT2D eigenvalue weighted by atomic mass is 10.1. The number of hydrogen-bond acceptors (Lipinski definition) is 3. The van der Waals surface area contributed by atoms with Crippen LogP contribution < -0.4 is 9.47 Å². The summed E-state index contributed by atoms with van der Waals surface area (Å²) in [6.45, 7) is 11.1. The zero-order chi connectivity index (χ0) is 23.7. The van der Waals surface area contributed by atoms with Gasteiger partial charge in [0.25, 0.3) is 0 Å². The number of benzene rings is 3. The predicted octanol–water partition coefficient (Wildman–Crippen LogP) is 7.56. The number of ether oxygens (including phenoxy) is 3. The van der Waals surface area contributed by atoms with E-state index >= 15 is 0 Å². The van der Waals surface area contributed by atoms with Gasteiger partial charge in [0, 0.05) is 26.8 Å². The van der Waals surface area contributed by atoms with E-state index in [1.54, 1.807) is 0 Å². The standard InChI is InChI=1S/C28H35BrO3Si/c1-28(2,33(3)4)21-32-27(18-29)24-15-25(30-19-22-11-7-5-8-12-22)17-26(16-24)31-20-23-13-9-6-10-14-23/h5-17,27,33H,18-21H2,1-4H3. The molecule has 3 nitrogen and oxygen atoms in total. The monoisotopic (exact) mass is 526 g/mol. The molecule has 176 valence electrons. The van der Waals surface area contributed by atoms with Crippen molar-refractivity contribution in [1.29, 1.82) is 0 Å². The minimum atomic E-state index is -0.845. The molecule has 5 heteroatoms. The molecule has 1 unspecified atom stereocenters. The second kappa shape index (κ2) is 12.4. The second-order valence-corrected chi connectivity index (χ2v) is 13.9. The van der Waals surface area contributed by atoms with Crippen LogP contribution in [0.15, 0.2) is 78.9 Å². The number of halogens is 1. The lowest BCUT2D eigenvalue weighted by Crippen LogP contribution is -2.27. The van der Waals surface area contributed by atoms with Gasteiger partial charge in [0.15, 0.2) is 0 Å². The average Bonchev–Trinajstić information content (AvgIpc) is 2.83. The van der Waals surface area contributed by atoms with Crippen LogP contribution in [0.3, 0.4) is 0 Å². The molecule has 3 aromatic carbocycles. The Kier molecular flexibility index (Phi) is 9.60. The Balaban J connectivity index is 1.79. The lowest BCUT2D eigenvalue weighted by Gasteiger charge is -2.30. The molecule has 33 heavy (non-hydrogen) atoms. The Labute approximate surface area is 208 Å². The molecule has 0 bridgehead atoms. The van der Waals surface area contributed by atoms with Gasteiger partial charge >= 0.3 is 0 Å². The molecule has 0 aromatic heterocycles. The van der Waals surface area contributed by atoms with E-state index in [-0.39, 0.29) is 11.1 Å². The summed E-state index contributed by atoms with van der Waals surface area (Å²) in [7, 11) is -0.845. The van der Waals surface area contributed by atoms with E-state index in [0.29, 0.717) is 18.5 Å². The first-order valence-electron chi connectivity index (χ1n) is 11.5. The van der Waals surface area contributed by atoms with E-state index in [1.165, 1.54) is 0 Å². The summed E-state index contributed by atoms with van der Waals surface area (Å²) in [5.74, 6) is 1.57. The minimum absolute atomic E-state index is 0.0728. The molecule has 0 N–H and O–H groups in total. The zero-order valence-electron chi connectivity index (χ0n) is 20.1. The highest BCUT2D eigenvalue weighted by atomic mass is 79.9. The highest BCUT2D eigenvalue weighted by Gasteiger charge is 2.26. The van der Waals surface area contributed by atoms with Gasteiger partial charge < -0.3 is 14.2 Å². The molecule has 0 aliphatic carbocycles. The third-order valence-electron chi connectivity index (χ3n) is 6.13. The van der Waals surface area contributed by atoms with Crippen LogP contribution >= 0.6 is 15.9 Å². The van der Waals surface area contributed by atoms with Gasteiger partial charge in [0.1, 0.15) is 24.7 Å². The van der Waals surface area contributed by atoms with Gasteiger partial charge in [-0.05, 0) is 33.9 Å². The van der Waals surface area contributed by atoms with E-state index in [2.05, 4.69) is 79.3 Å². The van der Waals surface area contributed by atoms with Crippen molar-refractivity contribution < 1.29 is 14.2 Å². The van der Waals surface area contributed by atoms with Gasteiger partial charge in [-0.3, -0.25) is 0 Å². The van der Waals surface area contributed by atoms with Gasteiger partial charge in [-0.15, -0.1) is 0 Å². The van der Waals surface area contributed by atoms with Crippen LogP contribution in [-0.4, -0.2) is 20.7 Å². The van der Waals surface area contributed by atoms with Crippen LogP contribution in [0.4, 0.5) is 0 Å². The normalized spacial score (nSPS) is 12.5. The van der Waals surface area contributed by atoms with E-state index in [9.17, 15) is 0 Å². The summed E-state index contributed by atoms with van der Waals surface area (Å²) in [6, 6.07) is 26.5. The van der Waals surface area contributed by atoms with Crippen molar-refractivity contribution in [3.63, 3.8) is 0 Å². The van der Waals surface area contributed by atoms with E-state index in [4.69, 9.17) is 14.2 Å². The Morgan fingerprint density at radius 3 is 1.70 bits per heavy atom. The molecule has 3 aromatic rings. The van der Waals surface area contributed by atoms with Crippen LogP contribution in [-0.2, 0) is 18.0 Å². The molecule has 0 fully saturated rings. The molecule has 0 aliphatic rings. The summed E-state index contributed by atoms with van der Waals surface area (Å²) in [5, 5.41) is 0.942. The summed E-state index contributed by atoms with van der Waals surface area (Å²) in [5.41, 5.74) is 3.32. The summed E-state index contributed by atoms with van der Waals surface area (Å²) in [4.78, 5) is 0. The van der Waals surface area contributed by atoms with E-state index < -0.39 is 8.80 Å². The number of hydrogen-bond donors (Lipinski definition) is 0. The molecule has 0 saturated carbocycles. The maximum absolute atomic E-state index is 6.42. The second-order valence-electron chi connectivity index (χ2n) is 9.38. The fourth-order valence-corrected chi connectivity index (χ4v) is 4.13. The summed E-state index contributed by atoms with van der Waals surface area (Å²) in [6.07, 6.45) is -0.0728. The first-order valence-corrected chi connectivity index (χ1v) is 15.5. The molecule has 3 rings (SSSR count). The van der Waals surface area contributed by atoms with Crippen molar-refractivity contribution in [2.45, 2.75) is 51.3 Å². The summed E-state index contributed by atoms with van der Waals surface area (Å²) < 4.78 is 18.7. The van der Waals surface area contributed by atoms with Crippen molar-refractivity contribution in [1.82, 2.24) is 0 Å². The van der Waals surface area contributed by atoms with Crippen LogP contribution in [0.1, 0.15) is 36.6 Å². The fraction of sp³-hybridized carbons (Fsp3) is 0.357. The highest BCUT2D eigenvalue weighted by Crippen LogP contribution is 2.34. The maximum atomic E-state index is 6.42. The maximum Gasteiger partial charge on any atom is 0.123 e. The Bertz CT molecular complexity index is 915. The first kappa shape index (κ1) is 25.5. The molecule has 0 spiro atoms. The molecular formula is C28H35BrO3Si. The third-order valence-corrected chi connectivity index (χ3v) is 10.0. The molecule has 0 amide bonds. The van der Waals surface area contributed by atoms with Crippen molar-refractivity contribution in [2.24, 2.45) is 0 Å². The smallest absolute Gasteiger partial charge is 0.123 e. The SMILES string of the molecule is C[SiH](C)C(C)(C)COC(CBr)c1cc(OCc2ccccc2)cc(OCc2ccccc2)c1. The Morgan fingerprint density at radius 1 is 0.788 bits per heavy atom. The Morgan fingerprint density at radius 2 is 1.27 bits per heavy atom. The molecule has 0 saturated heterocycles. The van der Waals surface area contributed by atoms with Gasteiger partial charge in [-0.25, -0.2) is 0 Å². The minimum Gasteiger partial charge on any atom is -0.489 e. The molecule has 0 radical (unpaired) electrons. The predicted molar refractivity (Wildman–Crippen MR) is 143 cm³/mol. The summed E-state index contributed by atoms with van der Waals surface area (Å²) >= 11 is 3.66. The molecular weight excluding hydrogens is 492 g/mol. The average molecular weight is 528 g/mol. The quantitative estimate of drug-likeness (QED) is 0.180. The van der Waals surface area contributed by atoms with Crippen molar-refractivity contribution in [2.75, 3.05) is 11.9 Å². The largest absolute Gasteiger partial charge is 0.489 e. The number of rotatable bonds is 12. The van der Waals surface area contributed by atoms with E-state index in [1.807, 2.05) is 42.5 Å². The van der Waals surface area contributed by atoms with Crippen molar-refractivity contribution >= 4 is 24.7 Å². The van der Waals surface area contributed by atoms with Crippen LogP contribution in [0.25, 0.3) is 0 Å². The van der Waals surface area contributed by atoms with Crippen molar-refractivity contribution in [3.8, 4) is 11.5 Å². The van der Waals surface area contributed by atoms with Gasteiger partial charge in [-0.1, -0.05) is 104 Å². The van der Waals surface area contributed by atoms with Crippen LogP contribution in [0, 0.1) is 0 Å². The molecule has 1 atom stereocenters. The number of alkyl halides is 1. The topological polar surface area (TPSA) is 27.7 Å². The molecule has 0 heterocycles. The lowest BCUT2D eigenvalue weighted by molar-refractivity contribution is 0.0534. The van der Waals surface area contributed by atoms with Crippen LogP contribution in [0.5, 0.6) is 11.5 Å². The first-order chi connectivity index (χ1) is 15.9. The zero-order valence-corrected chi connectivity index (χ0v) is 22.8. The van der Waals surface area contributed by atoms with Gasteiger partial charge in [-0.2, -0.15) is 0 Å². The third kappa shape index (κ3) is 8.02. The molecule has 0 aliphatic heterocycles. The fourth-order valence-electron chi connectivity index (χ4n) is 3.14. The van der Waals surface area contributed by atoms with Crippen molar-refractivity contribution in [3.05, 3.63) is 95.6 Å². The van der Waals surface area contributed by atoms with Gasteiger partial charge in [0.05, 0.1) is 6.10 Å². The van der Waals surface area contributed by atoms with Crippen LogP contribution in [0.2, 0.25) is 18.1 Å². The van der Waals surface area contributed by atoms with E-state index in [0.717, 1.165) is 34.8 Å². The van der Waals surface area contributed by atoms with Gasteiger partial charge in [0.2, 0.25) is 0 Å².